The SMILES string of the molecule is O=C(Cc1csc(-c2ccsc2)n1)OCC(=O)N1CCC[C@H]2CCCC[C@H]21. The van der Waals surface area contributed by atoms with Crippen LogP contribution in [-0.4, -0.2) is 41.0 Å². The summed E-state index contributed by atoms with van der Waals surface area (Å²) < 4.78 is 5.28. The number of ether oxygens (including phenoxy) is 1. The number of hydrogen-bond donors (Lipinski definition) is 0. The van der Waals surface area contributed by atoms with Crippen molar-refractivity contribution in [3.63, 3.8) is 0 Å². The Hall–Kier alpha value is -1.73. The number of hydrogen-bond acceptors (Lipinski definition) is 6. The first-order chi connectivity index (χ1) is 13.2. The van der Waals surface area contributed by atoms with Crippen LogP contribution in [0.3, 0.4) is 0 Å². The largest absolute Gasteiger partial charge is 0.455 e. The minimum absolute atomic E-state index is 0.0443. The maximum Gasteiger partial charge on any atom is 0.312 e. The smallest absolute Gasteiger partial charge is 0.312 e. The maximum atomic E-state index is 12.6. The predicted molar refractivity (Wildman–Crippen MR) is 107 cm³/mol. The molecule has 2 aliphatic rings. The van der Waals surface area contributed by atoms with Gasteiger partial charge in [-0.25, -0.2) is 4.98 Å². The van der Waals surface area contributed by atoms with Crippen molar-refractivity contribution in [3.8, 4) is 10.6 Å². The molecule has 1 saturated carbocycles. The molecular formula is C20H24N2O3S2. The summed E-state index contributed by atoms with van der Waals surface area (Å²) in [5.41, 5.74) is 1.77. The number of likely N-dealkylation sites (tertiary alicyclic amines) is 1. The molecule has 2 aromatic rings. The highest BCUT2D eigenvalue weighted by Gasteiger charge is 2.35. The van der Waals surface area contributed by atoms with Gasteiger partial charge in [0, 0.05) is 28.9 Å². The summed E-state index contributed by atoms with van der Waals surface area (Å²) in [6.45, 7) is 0.650. The number of amides is 1. The minimum atomic E-state index is -0.386. The zero-order valence-corrected chi connectivity index (χ0v) is 16.9. The summed E-state index contributed by atoms with van der Waals surface area (Å²) in [5.74, 6) is 0.206. The van der Waals surface area contributed by atoms with Gasteiger partial charge in [-0.15, -0.1) is 11.3 Å². The van der Waals surface area contributed by atoms with Crippen molar-refractivity contribution in [1.29, 1.82) is 0 Å². The Balaban J connectivity index is 1.28. The Kier molecular flexibility index (Phi) is 5.88. The molecule has 5 nitrogen and oxygen atoms in total. The zero-order chi connectivity index (χ0) is 18.6. The van der Waals surface area contributed by atoms with Crippen LogP contribution in [0.15, 0.2) is 22.2 Å². The van der Waals surface area contributed by atoms with E-state index in [1.807, 2.05) is 27.1 Å². The molecule has 1 saturated heterocycles. The van der Waals surface area contributed by atoms with E-state index in [0.717, 1.165) is 30.0 Å². The summed E-state index contributed by atoms with van der Waals surface area (Å²) in [4.78, 5) is 31.2. The van der Waals surface area contributed by atoms with E-state index in [1.54, 1.807) is 11.3 Å². The van der Waals surface area contributed by atoms with E-state index in [2.05, 4.69) is 4.98 Å². The van der Waals surface area contributed by atoms with Gasteiger partial charge in [0.2, 0.25) is 0 Å². The quantitative estimate of drug-likeness (QED) is 0.703. The van der Waals surface area contributed by atoms with Crippen molar-refractivity contribution in [2.24, 2.45) is 5.92 Å². The number of thiazole rings is 1. The molecule has 0 unspecified atom stereocenters. The molecule has 1 aliphatic carbocycles. The van der Waals surface area contributed by atoms with Crippen molar-refractivity contribution < 1.29 is 14.3 Å². The lowest BCUT2D eigenvalue weighted by Gasteiger charge is -2.44. The number of carbonyl (C=O) groups is 2. The van der Waals surface area contributed by atoms with Gasteiger partial charge >= 0.3 is 5.97 Å². The van der Waals surface area contributed by atoms with Crippen LogP contribution in [-0.2, 0) is 20.7 Å². The molecular weight excluding hydrogens is 380 g/mol. The molecule has 0 radical (unpaired) electrons. The van der Waals surface area contributed by atoms with Crippen molar-refractivity contribution in [3.05, 3.63) is 27.9 Å². The summed E-state index contributed by atoms with van der Waals surface area (Å²) in [7, 11) is 0. The van der Waals surface area contributed by atoms with Crippen LogP contribution in [0.1, 0.15) is 44.2 Å². The Bertz CT molecular complexity index is 785. The molecule has 2 aromatic heterocycles. The highest BCUT2D eigenvalue weighted by Crippen LogP contribution is 2.35. The Morgan fingerprint density at radius 2 is 2.04 bits per heavy atom. The number of esters is 1. The second-order valence-electron chi connectivity index (χ2n) is 7.33. The molecule has 0 N–H and O–H groups in total. The molecule has 2 atom stereocenters. The third kappa shape index (κ3) is 4.41. The topological polar surface area (TPSA) is 59.5 Å². The van der Waals surface area contributed by atoms with Crippen LogP contribution < -0.4 is 0 Å². The minimum Gasteiger partial charge on any atom is -0.455 e. The molecule has 0 spiro atoms. The van der Waals surface area contributed by atoms with Crippen LogP contribution in [0.4, 0.5) is 0 Å². The summed E-state index contributed by atoms with van der Waals surface area (Å²) in [6, 6.07) is 2.37. The number of fused-ring (bicyclic) bond motifs is 1. The molecule has 27 heavy (non-hydrogen) atoms. The fourth-order valence-corrected chi connectivity index (χ4v) is 5.80. The fraction of sp³-hybridized carbons (Fsp3) is 0.550. The molecule has 0 aromatic carbocycles. The third-order valence-electron chi connectivity index (χ3n) is 5.57. The first-order valence-electron chi connectivity index (χ1n) is 9.63. The van der Waals surface area contributed by atoms with Gasteiger partial charge in [-0.3, -0.25) is 9.59 Å². The van der Waals surface area contributed by atoms with Gasteiger partial charge in [-0.05, 0) is 43.0 Å². The fourth-order valence-electron chi connectivity index (χ4n) is 4.27. The lowest BCUT2D eigenvalue weighted by Crippen LogP contribution is -2.50. The van der Waals surface area contributed by atoms with Crippen LogP contribution in [0.25, 0.3) is 10.6 Å². The number of rotatable bonds is 5. The average molecular weight is 405 g/mol. The van der Waals surface area contributed by atoms with Crippen LogP contribution in [0, 0.1) is 5.92 Å². The van der Waals surface area contributed by atoms with E-state index in [-0.39, 0.29) is 24.9 Å². The van der Waals surface area contributed by atoms with E-state index in [0.29, 0.717) is 17.7 Å². The van der Waals surface area contributed by atoms with Gasteiger partial charge < -0.3 is 9.64 Å². The first kappa shape index (κ1) is 18.6. The van der Waals surface area contributed by atoms with Gasteiger partial charge in [0.05, 0.1) is 12.1 Å². The number of thiophene rings is 1. The molecule has 1 aliphatic heterocycles. The Morgan fingerprint density at radius 3 is 2.89 bits per heavy atom. The van der Waals surface area contributed by atoms with Gasteiger partial charge in [-0.1, -0.05) is 12.8 Å². The molecule has 7 heteroatoms. The van der Waals surface area contributed by atoms with E-state index in [1.165, 1.54) is 37.0 Å². The van der Waals surface area contributed by atoms with Crippen molar-refractivity contribution in [2.75, 3.05) is 13.2 Å². The standard InChI is InChI=1S/C20H24N2O3S2/c23-18(22-8-3-5-14-4-1-2-6-17(14)22)11-25-19(24)10-16-13-27-20(21-16)15-7-9-26-12-15/h7,9,12-14,17H,1-6,8,10-11H2/t14-,17-/m1/s1. The average Bonchev–Trinajstić information content (AvgIpc) is 3.37. The number of carbonyl (C=O) groups excluding carboxylic acids is 2. The normalized spacial score (nSPS) is 22.3. The number of nitrogens with zero attached hydrogens (tertiary/aromatic N) is 2. The van der Waals surface area contributed by atoms with Crippen molar-refractivity contribution >= 4 is 34.6 Å². The summed E-state index contributed by atoms with van der Waals surface area (Å²) >= 11 is 3.14. The van der Waals surface area contributed by atoms with Crippen molar-refractivity contribution in [2.45, 2.75) is 51.0 Å². The lowest BCUT2D eigenvalue weighted by molar-refractivity contribution is -0.154. The van der Waals surface area contributed by atoms with E-state index in [9.17, 15) is 9.59 Å². The highest BCUT2D eigenvalue weighted by molar-refractivity contribution is 7.14. The molecule has 3 heterocycles. The third-order valence-corrected chi connectivity index (χ3v) is 7.19. The highest BCUT2D eigenvalue weighted by atomic mass is 32.1. The summed E-state index contributed by atoms with van der Waals surface area (Å²) in [6.07, 6.45) is 7.19. The van der Waals surface area contributed by atoms with Crippen molar-refractivity contribution in [1.82, 2.24) is 9.88 Å². The monoisotopic (exact) mass is 404 g/mol. The number of aromatic nitrogens is 1. The maximum absolute atomic E-state index is 12.6. The van der Waals surface area contributed by atoms with Gasteiger partial charge in [-0.2, -0.15) is 11.3 Å². The van der Waals surface area contributed by atoms with Gasteiger partial charge in [0.25, 0.3) is 5.91 Å². The summed E-state index contributed by atoms with van der Waals surface area (Å²) in [5, 5.41) is 6.84. The predicted octanol–water partition coefficient (Wildman–Crippen LogP) is 4.14. The van der Waals surface area contributed by atoms with Crippen LogP contribution in [0.2, 0.25) is 0 Å². The van der Waals surface area contributed by atoms with Gasteiger partial charge in [0.1, 0.15) is 5.01 Å². The second-order valence-corrected chi connectivity index (χ2v) is 8.97. The molecule has 0 bridgehead atoms. The molecule has 4 rings (SSSR count). The Labute approximate surface area is 167 Å². The van der Waals surface area contributed by atoms with E-state index < -0.39 is 0 Å². The molecule has 2 fully saturated rings. The molecule has 1 amide bonds. The molecule has 144 valence electrons. The van der Waals surface area contributed by atoms with Crippen LogP contribution in [0.5, 0.6) is 0 Å². The van der Waals surface area contributed by atoms with Gasteiger partial charge in [0.15, 0.2) is 6.61 Å². The van der Waals surface area contributed by atoms with E-state index in [4.69, 9.17) is 4.74 Å². The Morgan fingerprint density at radius 1 is 1.19 bits per heavy atom. The first-order valence-corrected chi connectivity index (χ1v) is 11.4. The van der Waals surface area contributed by atoms with E-state index >= 15 is 0 Å². The second kappa shape index (κ2) is 8.52. The van der Waals surface area contributed by atoms with Crippen LogP contribution >= 0.6 is 22.7 Å². The zero-order valence-electron chi connectivity index (χ0n) is 15.3. The number of piperidine rings is 1. The lowest BCUT2D eigenvalue weighted by atomic mass is 9.78.